The topological polar surface area (TPSA) is 51.2 Å². The maximum atomic E-state index is 13.3. The van der Waals surface area contributed by atoms with Crippen molar-refractivity contribution in [3.63, 3.8) is 0 Å². The fraction of sp³-hybridized carbons (Fsp3) is 0.500. The van der Waals surface area contributed by atoms with Crippen LogP contribution in [0.15, 0.2) is 36.4 Å². The van der Waals surface area contributed by atoms with Crippen molar-refractivity contribution >= 4 is 17.3 Å². The Hall–Kier alpha value is -2.55. The predicted octanol–water partition coefficient (Wildman–Crippen LogP) is 7.10. The second kappa shape index (κ2) is 11.0. The fourth-order valence-corrected chi connectivity index (χ4v) is 5.82. The minimum atomic E-state index is -0.0981. The molecule has 0 heterocycles. The monoisotopic (exact) mass is 446 g/mol. The first-order valence-electron chi connectivity index (χ1n) is 12.5. The average molecular weight is 447 g/mol. The maximum Gasteiger partial charge on any atom is 0.163 e. The van der Waals surface area contributed by atoms with E-state index in [1.807, 2.05) is 13.8 Å². The molecule has 0 saturated heterocycles. The quantitative estimate of drug-likeness (QED) is 0.366. The van der Waals surface area contributed by atoms with Crippen LogP contribution >= 0.6 is 0 Å². The largest absolute Gasteiger partial charge is 0.300 e. The predicted molar refractivity (Wildman–Crippen MR) is 135 cm³/mol. The summed E-state index contributed by atoms with van der Waals surface area (Å²) >= 11 is 0. The van der Waals surface area contributed by atoms with E-state index in [2.05, 4.69) is 50.2 Å². The Morgan fingerprint density at radius 3 is 2.45 bits per heavy atom. The van der Waals surface area contributed by atoms with Gasteiger partial charge in [0.15, 0.2) is 5.78 Å². The lowest BCUT2D eigenvalue weighted by Gasteiger charge is -2.32. The van der Waals surface area contributed by atoms with Crippen molar-refractivity contribution in [2.45, 2.75) is 79.6 Å². The highest BCUT2D eigenvalue weighted by Crippen LogP contribution is 2.40. The van der Waals surface area contributed by atoms with E-state index in [0.29, 0.717) is 6.42 Å². The molecule has 3 nitrogen and oxygen atoms in total. The molecule has 3 unspecified atom stereocenters. The molecular weight excluding hydrogens is 408 g/mol. The summed E-state index contributed by atoms with van der Waals surface area (Å²) in [4.78, 5) is 37.7. The van der Waals surface area contributed by atoms with Crippen molar-refractivity contribution in [2.75, 3.05) is 0 Å². The minimum absolute atomic E-state index is 0.0296. The van der Waals surface area contributed by atoms with Crippen molar-refractivity contribution in [1.29, 1.82) is 0 Å². The van der Waals surface area contributed by atoms with Crippen molar-refractivity contribution in [1.82, 2.24) is 0 Å². The normalized spacial score (nSPS) is 17.4. The number of aryl methyl sites for hydroxylation is 2. The first kappa shape index (κ1) is 25.1. The van der Waals surface area contributed by atoms with E-state index in [-0.39, 0.29) is 41.5 Å². The molecule has 0 amide bonds. The Morgan fingerprint density at radius 2 is 1.82 bits per heavy atom. The molecule has 2 aromatic carbocycles. The first-order chi connectivity index (χ1) is 15.7. The van der Waals surface area contributed by atoms with Crippen molar-refractivity contribution < 1.29 is 14.4 Å². The van der Waals surface area contributed by atoms with Gasteiger partial charge < -0.3 is 0 Å². The van der Waals surface area contributed by atoms with E-state index >= 15 is 0 Å². The minimum Gasteiger partial charge on any atom is -0.300 e. The van der Waals surface area contributed by atoms with E-state index in [4.69, 9.17) is 0 Å². The van der Waals surface area contributed by atoms with E-state index in [1.165, 1.54) is 18.1 Å². The molecule has 3 atom stereocenters. The molecule has 1 aliphatic rings. The molecule has 3 heteroatoms. The Kier molecular flexibility index (Phi) is 8.40. The van der Waals surface area contributed by atoms with E-state index in [9.17, 15) is 14.4 Å². The zero-order valence-corrected chi connectivity index (χ0v) is 20.9. The smallest absolute Gasteiger partial charge is 0.163 e. The molecular formula is C30H38O3. The summed E-state index contributed by atoms with van der Waals surface area (Å²) in [5.41, 5.74) is 6.64. The highest BCUT2D eigenvalue weighted by Gasteiger charge is 2.33. The van der Waals surface area contributed by atoms with Crippen LogP contribution in [0.5, 0.6) is 0 Å². The number of hydrogen-bond donors (Lipinski definition) is 0. The van der Waals surface area contributed by atoms with Gasteiger partial charge >= 0.3 is 0 Å². The van der Waals surface area contributed by atoms with Crippen molar-refractivity contribution in [2.24, 2.45) is 17.8 Å². The van der Waals surface area contributed by atoms with Gasteiger partial charge in [0.1, 0.15) is 11.6 Å². The van der Waals surface area contributed by atoms with Gasteiger partial charge in [-0.25, -0.2) is 0 Å². The van der Waals surface area contributed by atoms with Crippen LogP contribution in [-0.4, -0.2) is 17.3 Å². The molecule has 0 aromatic heterocycles. The summed E-state index contributed by atoms with van der Waals surface area (Å²) < 4.78 is 0. The number of ketones is 3. The lowest BCUT2D eigenvalue weighted by atomic mass is 9.71. The first-order valence-corrected chi connectivity index (χ1v) is 12.5. The molecule has 176 valence electrons. The molecule has 0 fully saturated rings. The van der Waals surface area contributed by atoms with E-state index in [0.717, 1.165) is 54.4 Å². The molecule has 0 aliphatic heterocycles. The summed E-state index contributed by atoms with van der Waals surface area (Å²) in [7, 11) is 0. The highest BCUT2D eigenvalue weighted by molar-refractivity contribution is 6.02. The number of carbonyl (C=O) groups excluding carboxylic acids is 3. The summed E-state index contributed by atoms with van der Waals surface area (Å²) in [6.07, 6.45) is 5.01. The van der Waals surface area contributed by atoms with Gasteiger partial charge in [-0.2, -0.15) is 0 Å². The highest BCUT2D eigenvalue weighted by atomic mass is 16.1. The van der Waals surface area contributed by atoms with Gasteiger partial charge in [0.2, 0.25) is 0 Å². The van der Waals surface area contributed by atoms with Crippen molar-refractivity contribution in [3.8, 4) is 11.1 Å². The SMILES string of the molecule is CCCC(CC1CC(=O)c2c(C)ccc(-c3cccc(C)c3)c2C1)C(CC)C(=O)CC(C)=O. The second-order valence-electron chi connectivity index (χ2n) is 9.99. The summed E-state index contributed by atoms with van der Waals surface area (Å²) in [6, 6.07) is 12.7. The molecule has 0 spiro atoms. The van der Waals surface area contributed by atoms with Crippen LogP contribution in [-0.2, 0) is 16.0 Å². The summed E-state index contributed by atoms with van der Waals surface area (Å²) in [5, 5.41) is 0. The number of fused-ring (bicyclic) bond motifs is 1. The third-order valence-electron chi connectivity index (χ3n) is 7.24. The molecule has 0 radical (unpaired) electrons. The number of rotatable bonds is 10. The molecule has 0 bridgehead atoms. The fourth-order valence-electron chi connectivity index (χ4n) is 5.82. The average Bonchev–Trinajstić information content (AvgIpc) is 2.73. The van der Waals surface area contributed by atoms with Gasteiger partial charge in [-0.05, 0) is 74.1 Å². The zero-order valence-electron chi connectivity index (χ0n) is 20.9. The van der Waals surface area contributed by atoms with Crippen LogP contribution < -0.4 is 0 Å². The van der Waals surface area contributed by atoms with Crippen LogP contribution in [0.3, 0.4) is 0 Å². The van der Waals surface area contributed by atoms with Gasteiger partial charge in [-0.15, -0.1) is 0 Å². The Labute approximate surface area is 199 Å². The second-order valence-corrected chi connectivity index (χ2v) is 9.99. The van der Waals surface area contributed by atoms with Gasteiger partial charge in [0.05, 0.1) is 6.42 Å². The summed E-state index contributed by atoms with van der Waals surface area (Å²) in [5.74, 6) is 0.589. The van der Waals surface area contributed by atoms with Crippen LogP contribution in [0.2, 0.25) is 0 Å². The number of Topliss-reactive ketones (excluding diaryl/α,β-unsaturated/α-hetero) is 3. The number of carbonyl (C=O) groups is 3. The van der Waals surface area contributed by atoms with Crippen LogP contribution in [0, 0.1) is 31.6 Å². The van der Waals surface area contributed by atoms with Gasteiger partial charge in [0.25, 0.3) is 0 Å². The Bertz CT molecular complexity index is 1030. The Balaban J connectivity index is 1.92. The van der Waals surface area contributed by atoms with Crippen LogP contribution in [0.25, 0.3) is 11.1 Å². The van der Waals surface area contributed by atoms with Crippen LogP contribution in [0.1, 0.15) is 86.3 Å². The molecule has 2 aromatic rings. The number of benzene rings is 2. The molecule has 1 aliphatic carbocycles. The lowest BCUT2D eigenvalue weighted by Crippen LogP contribution is -2.30. The van der Waals surface area contributed by atoms with E-state index in [1.54, 1.807) is 0 Å². The Morgan fingerprint density at radius 1 is 1.06 bits per heavy atom. The van der Waals surface area contributed by atoms with E-state index < -0.39 is 0 Å². The van der Waals surface area contributed by atoms with Crippen molar-refractivity contribution in [3.05, 3.63) is 58.7 Å². The number of hydrogen-bond acceptors (Lipinski definition) is 3. The maximum absolute atomic E-state index is 13.3. The molecule has 0 N–H and O–H groups in total. The summed E-state index contributed by atoms with van der Waals surface area (Å²) in [6.45, 7) is 9.81. The third kappa shape index (κ3) is 5.88. The zero-order chi connectivity index (χ0) is 24.1. The molecule has 3 rings (SSSR count). The lowest BCUT2D eigenvalue weighted by molar-refractivity contribution is -0.129. The third-order valence-corrected chi connectivity index (χ3v) is 7.24. The van der Waals surface area contributed by atoms with Gasteiger partial charge in [0, 0.05) is 17.9 Å². The van der Waals surface area contributed by atoms with Gasteiger partial charge in [-0.1, -0.05) is 68.7 Å². The molecule has 0 saturated carbocycles. The molecule has 33 heavy (non-hydrogen) atoms. The van der Waals surface area contributed by atoms with Crippen LogP contribution in [0.4, 0.5) is 0 Å². The van der Waals surface area contributed by atoms with Gasteiger partial charge in [-0.3, -0.25) is 14.4 Å². The standard InChI is InChI=1S/C30H38O3/c1-6-9-23(25(7-2)28(32)15-21(5)31)16-22-17-27-26(24-11-8-10-19(3)14-24)13-12-20(4)30(27)29(33)18-22/h8,10-14,22-23,25H,6-7,9,15-18H2,1-5H3.